The number of hydrogen-bond donors (Lipinski definition) is 3. The van der Waals surface area contributed by atoms with Crippen molar-refractivity contribution in [3.8, 4) is 5.75 Å². The Morgan fingerprint density at radius 1 is 1.32 bits per heavy atom. The summed E-state index contributed by atoms with van der Waals surface area (Å²) in [5, 5.41) is 15.8. The van der Waals surface area contributed by atoms with Gasteiger partial charge in [0.05, 0.1) is 0 Å². The van der Waals surface area contributed by atoms with E-state index >= 15 is 0 Å². The second-order valence-electron chi connectivity index (χ2n) is 5.98. The Balaban J connectivity index is 1.81. The second-order valence-corrected chi connectivity index (χ2v) is 5.98. The van der Waals surface area contributed by atoms with Crippen LogP contribution in [-0.2, 0) is 6.54 Å². The van der Waals surface area contributed by atoms with E-state index in [2.05, 4.69) is 22.5 Å². The molecule has 1 aromatic rings. The number of aliphatic imine (C=N–C) groups is 1. The smallest absolute Gasteiger partial charge is 0.191 e. The third-order valence-electron chi connectivity index (χ3n) is 4.46. The molecule has 0 aliphatic heterocycles. The minimum atomic E-state index is -0.597. The van der Waals surface area contributed by atoms with Crippen molar-refractivity contribution in [2.45, 2.75) is 51.6 Å². The van der Waals surface area contributed by atoms with Gasteiger partial charge in [-0.3, -0.25) is 4.99 Å². The standard InChI is InChI=1S/C17H26FN3O/c1-3-12-4-7-14(8-5-12)21-17(19-2)20-11-13-6-9-16(22)15(18)10-13/h6,9-10,12,14,22H,3-5,7-8,11H2,1-2H3,(H2,19,20,21). The number of hydrogen-bond acceptors (Lipinski definition) is 2. The summed E-state index contributed by atoms with van der Waals surface area (Å²) >= 11 is 0. The number of rotatable bonds is 4. The van der Waals surface area contributed by atoms with Gasteiger partial charge in [-0.05, 0) is 49.3 Å². The average Bonchev–Trinajstić information content (AvgIpc) is 2.55. The van der Waals surface area contributed by atoms with Gasteiger partial charge in [0, 0.05) is 19.6 Å². The van der Waals surface area contributed by atoms with Gasteiger partial charge in [0.1, 0.15) is 0 Å². The van der Waals surface area contributed by atoms with Gasteiger partial charge >= 0.3 is 0 Å². The van der Waals surface area contributed by atoms with Gasteiger partial charge in [0.2, 0.25) is 0 Å². The average molecular weight is 307 g/mol. The van der Waals surface area contributed by atoms with E-state index in [-0.39, 0.29) is 5.75 Å². The summed E-state index contributed by atoms with van der Waals surface area (Å²) in [6.45, 7) is 2.73. The fraction of sp³-hybridized carbons (Fsp3) is 0.588. The minimum absolute atomic E-state index is 0.320. The van der Waals surface area contributed by atoms with E-state index in [1.54, 1.807) is 13.1 Å². The lowest BCUT2D eigenvalue weighted by molar-refractivity contribution is 0.304. The summed E-state index contributed by atoms with van der Waals surface area (Å²) in [5.74, 6) is 0.695. The van der Waals surface area contributed by atoms with Crippen molar-refractivity contribution in [3.63, 3.8) is 0 Å². The molecule has 1 saturated carbocycles. The molecule has 2 rings (SSSR count). The highest BCUT2D eigenvalue weighted by molar-refractivity contribution is 5.79. The Labute approximate surface area is 131 Å². The van der Waals surface area contributed by atoms with Crippen LogP contribution in [0.1, 0.15) is 44.6 Å². The zero-order valence-electron chi connectivity index (χ0n) is 13.4. The fourth-order valence-corrected chi connectivity index (χ4v) is 2.95. The maximum atomic E-state index is 13.3. The van der Waals surface area contributed by atoms with E-state index in [4.69, 9.17) is 0 Å². The lowest BCUT2D eigenvalue weighted by Gasteiger charge is -2.29. The molecule has 122 valence electrons. The van der Waals surface area contributed by atoms with Crippen LogP contribution in [0.4, 0.5) is 4.39 Å². The molecule has 0 atom stereocenters. The topological polar surface area (TPSA) is 56.7 Å². The summed E-state index contributed by atoms with van der Waals surface area (Å²) in [4.78, 5) is 4.23. The quantitative estimate of drug-likeness (QED) is 0.591. The molecule has 3 N–H and O–H groups in total. The molecule has 1 aliphatic carbocycles. The van der Waals surface area contributed by atoms with Crippen molar-refractivity contribution in [3.05, 3.63) is 29.6 Å². The molecule has 0 aromatic heterocycles. The van der Waals surface area contributed by atoms with Crippen LogP contribution >= 0.6 is 0 Å². The van der Waals surface area contributed by atoms with Crippen LogP contribution in [0.3, 0.4) is 0 Å². The van der Waals surface area contributed by atoms with Crippen molar-refractivity contribution in [1.82, 2.24) is 10.6 Å². The van der Waals surface area contributed by atoms with Crippen LogP contribution in [0, 0.1) is 11.7 Å². The van der Waals surface area contributed by atoms with Crippen LogP contribution in [0.25, 0.3) is 0 Å². The van der Waals surface area contributed by atoms with Gasteiger partial charge < -0.3 is 15.7 Å². The molecule has 0 bridgehead atoms. The Kier molecular flexibility index (Phi) is 6.04. The van der Waals surface area contributed by atoms with Gasteiger partial charge in [0.15, 0.2) is 17.5 Å². The highest BCUT2D eigenvalue weighted by Crippen LogP contribution is 2.26. The summed E-state index contributed by atoms with van der Waals surface area (Å²) in [6, 6.07) is 4.87. The molecular formula is C17H26FN3O. The van der Waals surface area contributed by atoms with Crippen LogP contribution in [0.2, 0.25) is 0 Å². The number of aromatic hydroxyl groups is 1. The summed E-state index contributed by atoms with van der Waals surface area (Å²) in [7, 11) is 1.74. The Bertz CT molecular complexity index is 511. The lowest BCUT2D eigenvalue weighted by Crippen LogP contribution is -2.44. The minimum Gasteiger partial charge on any atom is -0.505 e. The molecular weight excluding hydrogens is 281 g/mol. The monoisotopic (exact) mass is 307 g/mol. The van der Waals surface area contributed by atoms with Crippen LogP contribution in [-0.4, -0.2) is 24.2 Å². The first kappa shape index (κ1) is 16.6. The first-order valence-corrected chi connectivity index (χ1v) is 8.07. The van der Waals surface area contributed by atoms with Crippen molar-refractivity contribution in [2.24, 2.45) is 10.9 Å². The Morgan fingerprint density at radius 2 is 2.05 bits per heavy atom. The maximum absolute atomic E-state index is 13.3. The number of nitrogens with one attached hydrogen (secondary N) is 2. The van der Waals surface area contributed by atoms with E-state index in [0.29, 0.717) is 12.6 Å². The molecule has 0 amide bonds. The van der Waals surface area contributed by atoms with Gasteiger partial charge in [0.25, 0.3) is 0 Å². The normalized spacial score (nSPS) is 22.4. The molecule has 1 aliphatic rings. The summed E-state index contributed by atoms with van der Waals surface area (Å²) in [5.41, 5.74) is 0.771. The largest absolute Gasteiger partial charge is 0.505 e. The molecule has 0 spiro atoms. The molecule has 0 heterocycles. The first-order chi connectivity index (χ1) is 10.6. The zero-order valence-corrected chi connectivity index (χ0v) is 13.4. The van der Waals surface area contributed by atoms with Crippen molar-refractivity contribution >= 4 is 5.96 Å². The van der Waals surface area contributed by atoms with E-state index in [1.165, 1.54) is 44.2 Å². The van der Waals surface area contributed by atoms with Crippen LogP contribution < -0.4 is 10.6 Å². The number of benzene rings is 1. The van der Waals surface area contributed by atoms with Gasteiger partial charge in [-0.15, -0.1) is 0 Å². The van der Waals surface area contributed by atoms with Crippen molar-refractivity contribution in [2.75, 3.05) is 7.05 Å². The lowest BCUT2D eigenvalue weighted by atomic mass is 9.84. The molecule has 0 radical (unpaired) electrons. The summed E-state index contributed by atoms with van der Waals surface area (Å²) < 4.78 is 13.3. The molecule has 1 fully saturated rings. The van der Waals surface area contributed by atoms with Crippen LogP contribution in [0.5, 0.6) is 5.75 Å². The van der Waals surface area contributed by atoms with Gasteiger partial charge in [-0.1, -0.05) is 19.4 Å². The Hall–Kier alpha value is -1.78. The van der Waals surface area contributed by atoms with Gasteiger partial charge in [-0.25, -0.2) is 4.39 Å². The molecule has 4 nitrogen and oxygen atoms in total. The van der Waals surface area contributed by atoms with E-state index in [9.17, 15) is 9.50 Å². The number of phenols is 1. The Morgan fingerprint density at radius 3 is 2.64 bits per heavy atom. The molecule has 5 heteroatoms. The highest BCUT2D eigenvalue weighted by Gasteiger charge is 2.20. The predicted molar refractivity (Wildman–Crippen MR) is 87.4 cm³/mol. The third-order valence-corrected chi connectivity index (χ3v) is 4.46. The van der Waals surface area contributed by atoms with E-state index in [1.807, 2.05) is 0 Å². The van der Waals surface area contributed by atoms with E-state index < -0.39 is 5.82 Å². The first-order valence-electron chi connectivity index (χ1n) is 8.07. The molecule has 0 unspecified atom stereocenters. The number of phenolic OH excluding ortho intramolecular Hbond substituents is 1. The SMILES string of the molecule is CCC1CCC(NC(=NC)NCc2ccc(O)c(F)c2)CC1. The second kappa shape index (κ2) is 8.01. The number of guanidine groups is 1. The fourth-order valence-electron chi connectivity index (χ4n) is 2.95. The van der Waals surface area contributed by atoms with Gasteiger partial charge in [-0.2, -0.15) is 0 Å². The van der Waals surface area contributed by atoms with Crippen molar-refractivity contribution < 1.29 is 9.50 Å². The molecule has 0 saturated heterocycles. The van der Waals surface area contributed by atoms with Crippen molar-refractivity contribution in [1.29, 1.82) is 0 Å². The maximum Gasteiger partial charge on any atom is 0.191 e. The number of halogens is 1. The summed E-state index contributed by atoms with van der Waals surface area (Å²) in [6.07, 6.45) is 6.16. The zero-order chi connectivity index (χ0) is 15.9. The van der Waals surface area contributed by atoms with Crippen LogP contribution in [0.15, 0.2) is 23.2 Å². The third kappa shape index (κ3) is 4.61. The number of nitrogens with zero attached hydrogens (tertiary/aromatic N) is 1. The molecule has 22 heavy (non-hydrogen) atoms. The predicted octanol–water partition coefficient (Wildman–Crippen LogP) is 3.17. The molecule has 1 aromatic carbocycles. The van der Waals surface area contributed by atoms with E-state index in [0.717, 1.165) is 17.4 Å². The highest BCUT2D eigenvalue weighted by atomic mass is 19.1.